The Kier molecular flexibility index (Phi) is 6.59. The maximum Gasteiger partial charge on any atom is 0.137 e. The van der Waals surface area contributed by atoms with Gasteiger partial charge in [0.15, 0.2) is 0 Å². The van der Waals surface area contributed by atoms with Gasteiger partial charge in [-0.05, 0) is 67.4 Å². The highest BCUT2D eigenvalue weighted by molar-refractivity contribution is 5.75. The van der Waals surface area contributed by atoms with Gasteiger partial charge in [0.25, 0.3) is 0 Å². The molecule has 2 N–H and O–H groups in total. The van der Waals surface area contributed by atoms with Crippen molar-refractivity contribution in [3.05, 3.63) is 96.8 Å². The van der Waals surface area contributed by atoms with Gasteiger partial charge >= 0.3 is 0 Å². The van der Waals surface area contributed by atoms with Crippen LogP contribution in [0.5, 0.6) is 0 Å². The fraction of sp³-hybridized carbons (Fsp3) is 0.200. The lowest BCUT2D eigenvalue weighted by Crippen LogP contribution is -2.11. The van der Waals surface area contributed by atoms with Crippen LogP contribution in [0.2, 0.25) is 0 Å². The predicted octanol–water partition coefficient (Wildman–Crippen LogP) is 6.66. The van der Waals surface area contributed by atoms with E-state index in [9.17, 15) is 0 Å². The van der Waals surface area contributed by atoms with Crippen LogP contribution in [0.15, 0.2) is 91.3 Å². The molecule has 2 aromatic carbocycles. The third kappa shape index (κ3) is 5.10. The standard InChI is InChI=1S/C30H31N5/c1-4-31-19-22-9-8-12-24(15-22)25-13-14-35-28(20-32-30(35)18-25)26-16-27(23-10-6-5-7-11-23)34-29(17-26)33-21(2)3/h5-18,20-21,31H,4,19H2,1-3H3,(H,33,34). The van der Waals surface area contributed by atoms with Crippen molar-refractivity contribution in [1.29, 1.82) is 0 Å². The number of imidazole rings is 1. The normalized spacial score (nSPS) is 11.3. The Morgan fingerprint density at radius 3 is 2.43 bits per heavy atom. The van der Waals surface area contributed by atoms with Crippen molar-refractivity contribution in [2.75, 3.05) is 11.9 Å². The molecule has 0 aliphatic heterocycles. The summed E-state index contributed by atoms with van der Waals surface area (Å²) < 4.78 is 2.15. The molecular weight excluding hydrogens is 430 g/mol. The SMILES string of the molecule is CCNCc1cccc(-c2ccn3c(-c4cc(NC(C)C)nc(-c5ccccc5)c4)cnc3c2)c1. The molecule has 0 atom stereocenters. The molecule has 0 saturated heterocycles. The van der Waals surface area contributed by atoms with E-state index in [2.05, 4.69) is 103 Å². The van der Waals surface area contributed by atoms with E-state index >= 15 is 0 Å². The smallest absolute Gasteiger partial charge is 0.137 e. The third-order valence-corrected chi connectivity index (χ3v) is 5.98. The van der Waals surface area contributed by atoms with Crippen molar-refractivity contribution >= 4 is 11.5 Å². The molecule has 5 aromatic rings. The van der Waals surface area contributed by atoms with Crippen LogP contribution in [0.4, 0.5) is 5.82 Å². The van der Waals surface area contributed by atoms with E-state index in [-0.39, 0.29) is 6.04 Å². The number of pyridine rings is 2. The summed E-state index contributed by atoms with van der Waals surface area (Å²) >= 11 is 0. The highest BCUT2D eigenvalue weighted by atomic mass is 15.0. The summed E-state index contributed by atoms with van der Waals surface area (Å²) in [6, 6.07) is 27.8. The summed E-state index contributed by atoms with van der Waals surface area (Å²) in [6.07, 6.45) is 4.06. The molecule has 0 bridgehead atoms. The molecule has 3 aromatic heterocycles. The zero-order valence-electron chi connectivity index (χ0n) is 20.5. The monoisotopic (exact) mass is 461 g/mol. The maximum absolute atomic E-state index is 4.87. The summed E-state index contributed by atoms with van der Waals surface area (Å²) in [5.41, 5.74) is 8.72. The van der Waals surface area contributed by atoms with Gasteiger partial charge in [0, 0.05) is 29.9 Å². The number of nitrogens with one attached hydrogen (secondary N) is 2. The van der Waals surface area contributed by atoms with Crippen LogP contribution < -0.4 is 10.6 Å². The first-order valence-corrected chi connectivity index (χ1v) is 12.2. The third-order valence-electron chi connectivity index (χ3n) is 5.98. The molecule has 35 heavy (non-hydrogen) atoms. The molecule has 3 heterocycles. The van der Waals surface area contributed by atoms with Crippen LogP contribution in [-0.4, -0.2) is 27.0 Å². The summed E-state index contributed by atoms with van der Waals surface area (Å²) in [7, 11) is 0. The molecule has 176 valence electrons. The molecule has 0 saturated carbocycles. The average molecular weight is 462 g/mol. The van der Waals surface area contributed by atoms with Gasteiger partial charge in [-0.25, -0.2) is 9.97 Å². The minimum Gasteiger partial charge on any atom is -0.368 e. The highest BCUT2D eigenvalue weighted by Crippen LogP contribution is 2.30. The average Bonchev–Trinajstić information content (AvgIpc) is 3.31. The minimum atomic E-state index is 0.286. The van der Waals surface area contributed by atoms with E-state index < -0.39 is 0 Å². The Morgan fingerprint density at radius 2 is 1.63 bits per heavy atom. The number of anilines is 1. The van der Waals surface area contributed by atoms with Crippen LogP contribution in [0.25, 0.3) is 39.3 Å². The molecule has 0 aliphatic carbocycles. The van der Waals surface area contributed by atoms with Crippen LogP contribution in [0, 0.1) is 0 Å². The van der Waals surface area contributed by atoms with Crippen LogP contribution in [0.3, 0.4) is 0 Å². The van der Waals surface area contributed by atoms with E-state index in [4.69, 9.17) is 9.97 Å². The van der Waals surface area contributed by atoms with Crippen LogP contribution >= 0.6 is 0 Å². The van der Waals surface area contributed by atoms with Gasteiger partial charge < -0.3 is 10.6 Å². The quantitative estimate of drug-likeness (QED) is 0.271. The van der Waals surface area contributed by atoms with E-state index in [0.29, 0.717) is 0 Å². The van der Waals surface area contributed by atoms with Crippen molar-refractivity contribution in [1.82, 2.24) is 19.7 Å². The Morgan fingerprint density at radius 1 is 0.829 bits per heavy atom. The molecule has 5 rings (SSSR count). The van der Waals surface area contributed by atoms with E-state index in [1.165, 1.54) is 11.1 Å². The van der Waals surface area contributed by atoms with Gasteiger partial charge in [-0.2, -0.15) is 0 Å². The first-order valence-electron chi connectivity index (χ1n) is 12.2. The summed E-state index contributed by atoms with van der Waals surface area (Å²) in [5, 5.41) is 6.87. The molecule has 5 heteroatoms. The predicted molar refractivity (Wildman–Crippen MR) is 145 cm³/mol. The van der Waals surface area contributed by atoms with Gasteiger partial charge in [-0.3, -0.25) is 4.40 Å². The first kappa shape index (κ1) is 22.8. The topological polar surface area (TPSA) is 54.2 Å². The number of aromatic nitrogens is 3. The molecule has 0 amide bonds. The van der Waals surface area contributed by atoms with Crippen LogP contribution in [0.1, 0.15) is 26.3 Å². The lowest BCUT2D eigenvalue weighted by Gasteiger charge is -2.13. The number of benzene rings is 2. The molecule has 0 unspecified atom stereocenters. The van der Waals surface area contributed by atoms with Gasteiger partial charge in [0.2, 0.25) is 0 Å². The van der Waals surface area contributed by atoms with Gasteiger partial charge in [0.05, 0.1) is 17.6 Å². The van der Waals surface area contributed by atoms with Gasteiger partial charge in [-0.1, -0.05) is 55.5 Å². The fourth-order valence-corrected chi connectivity index (χ4v) is 4.31. The second kappa shape index (κ2) is 10.1. The van der Waals surface area contributed by atoms with Gasteiger partial charge in [-0.15, -0.1) is 0 Å². The zero-order chi connectivity index (χ0) is 24.2. The lowest BCUT2D eigenvalue weighted by atomic mass is 10.0. The largest absolute Gasteiger partial charge is 0.368 e. The Labute approximate surface area is 206 Å². The van der Waals surface area contributed by atoms with Gasteiger partial charge in [0.1, 0.15) is 11.5 Å². The van der Waals surface area contributed by atoms with E-state index in [1.54, 1.807) is 0 Å². The maximum atomic E-state index is 4.87. The summed E-state index contributed by atoms with van der Waals surface area (Å²) in [4.78, 5) is 9.63. The number of fused-ring (bicyclic) bond motifs is 1. The highest BCUT2D eigenvalue weighted by Gasteiger charge is 2.12. The van der Waals surface area contributed by atoms with Crippen molar-refractivity contribution in [3.63, 3.8) is 0 Å². The molecular formula is C30H31N5. The number of rotatable bonds is 8. The van der Waals surface area contributed by atoms with Crippen LogP contribution in [-0.2, 0) is 6.54 Å². The van der Waals surface area contributed by atoms with E-state index in [0.717, 1.165) is 52.6 Å². The molecule has 0 radical (unpaired) electrons. The van der Waals surface area contributed by atoms with Crippen molar-refractivity contribution < 1.29 is 0 Å². The number of nitrogens with zero attached hydrogens (tertiary/aromatic N) is 3. The molecule has 0 fully saturated rings. The minimum absolute atomic E-state index is 0.286. The second-order valence-corrected chi connectivity index (χ2v) is 9.06. The zero-order valence-corrected chi connectivity index (χ0v) is 20.5. The Bertz CT molecular complexity index is 1440. The summed E-state index contributed by atoms with van der Waals surface area (Å²) in [5.74, 6) is 0.862. The number of hydrogen-bond acceptors (Lipinski definition) is 4. The fourth-order valence-electron chi connectivity index (χ4n) is 4.31. The molecule has 0 spiro atoms. The van der Waals surface area contributed by atoms with Crippen molar-refractivity contribution in [3.8, 4) is 33.6 Å². The van der Waals surface area contributed by atoms with E-state index in [1.807, 2.05) is 24.4 Å². The van der Waals surface area contributed by atoms with Crippen molar-refractivity contribution in [2.45, 2.75) is 33.4 Å². The van der Waals surface area contributed by atoms with Crippen molar-refractivity contribution in [2.24, 2.45) is 0 Å². The lowest BCUT2D eigenvalue weighted by molar-refractivity contribution is 0.727. The Hall–Kier alpha value is -3.96. The number of hydrogen-bond donors (Lipinski definition) is 2. The summed E-state index contributed by atoms with van der Waals surface area (Å²) in [6.45, 7) is 8.21. The second-order valence-electron chi connectivity index (χ2n) is 9.06. The Balaban J connectivity index is 1.54. The molecule has 5 nitrogen and oxygen atoms in total. The first-order chi connectivity index (χ1) is 17.1. The molecule has 0 aliphatic rings.